The monoisotopic (exact) mass is 349 g/mol. The van der Waals surface area contributed by atoms with Crippen LogP contribution in [0.25, 0.3) is 0 Å². The van der Waals surface area contributed by atoms with Crippen LogP contribution in [0.4, 0.5) is 11.6 Å². The number of hydrogen-bond acceptors (Lipinski definition) is 6. The first kappa shape index (κ1) is 18.2. The molecular weight excluding hydrogens is 326 g/mol. The van der Waals surface area contributed by atoms with Crippen molar-refractivity contribution in [2.45, 2.75) is 18.7 Å². The number of aryl methyl sites for hydroxylation is 2. The Morgan fingerprint density at radius 1 is 1.08 bits per heavy atom. The van der Waals surface area contributed by atoms with Crippen LogP contribution >= 0.6 is 0 Å². The summed E-state index contributed by atoms with van der Waals surface area (Å²) in [5.41, 5.74) is 0.906. The standard InChI is InChI=1S/C16H23N5O2S/c1-12-6-5-7-14(10-12)24(22,23)18-9-8-17-15-11-16(21(3)4)20-13(2)19-15/h5-7,10-11,18H,8-9H2,1-4H3,(H,17,19,20). The number of hydrogen-bond donors (Lipinski definition) is 2. The predicted molar refractivity (Wildman–Crippen MR) is 96.0 cm³/mol. The molecule has 2 rings (SSSR count). The minimum absolute atomic E-state index is 0.261. The van der Waals surface area contributed by atoms with Gasteiger partial charge in [-0.25, -0.2) is 23.1 Å². The maximum atomic E-state index is 12.2. The van der Waals surface area contributed by atoms with Gasteiger partial charge in [-0.3, -0.25) is 0 Å². The SMILES string of the molecule is Cc1cccc(S(=O)(=O)NCCNc2cc(N(C)C)nc(C)n2)c1. The third-order valence-corrected chi connectivity index (χ3v) is 4.76. The second-order valence-corrected chi connectivity index (χ2v) is 7.46. The summed E-state index contributed by atoms with van der Waals surface area (Å²) >= 11 is 0. The van der Waals surface area contributed by atoms with Crippen molar-refractivity contribution in [2.75, 3.05) is 37.4 Å². The minimum Gasteiger partial charge on any atom is -0.369 e. The van der Waals surface area contributed by atoms with E-state index < -0.39 is 10.0 Å². The Labute approximate surface area is 143 Å². The molecule has 7 nitrogen and oxygen atoms in total. The van der Waals surface area contributed by atoms with Crippen molar-refractivity contribution in [1.82, 2.24) is 14.7 Å². The van der Waals surface area contributed by atoms with E-state index in [1.165, 1.54) is 0 Å². The zero-order chi connectivity index (χ0) is 17.7. The summed E-state index contributed by atoms with van der Waals surface area (Å²) in [5, 5.41) is 3.11. The van der Waals surface area contributed by atoms with Gasteiger partial charge in [-0.1, -0.05) is 12.1 Å². The van der Waals surface area contributed by atoms with Crippen LogP contribution in [0.3, 0.4) is 0 Å². The fraction of sp³-hybridized carbons (Fsp3) is 0.375. The molecule has 0 atom stereocenters. The third-order valence-electron chi connectivity index (χ3n) is 3.31. The van der Waals surface area contributed by atoms with Crippen molar-refractivity contribution in [2.24, 2.45) is 0 Å². The predicted octanol–water partition coefficient (Wildman–Crippen LogP) is 1.55. The normalized spacial score (nSPS) is 11.3. The van der Waals surface area contributed by atoms with E-state index in [-0.39, 0.29) is 11.4 Å². The lowest BCUT2D eigenvalue weighted by atomic mass is 10.2. The van der Waals surface area contributed by atoms with E-state index in [1.807, 2.05) is 45.0 Å². The summed E-state index contributed by atoms with van der Waals surface area (Å²) in [7, 11) is 0.311. The van der Waals surface area contributed by atoms with E-state index >= 15 is 0 Å². The quantitative estimate of drug-likeness (QED) is 0.738. The van der Waals surface area contributed by atoms with Gasteiger partial charge in [0.15, 0.2) is 0 Å². The van der Waals surface area contributed by atoms with E-state index in [9.17, 15) is 8.42 Å². The topological polar surface area (TPSA) is 87.2 Å². The first-order chi connectivity index (χ1) is 11.3. The van der Waals surface area contributed by atoms with Gasteiger partial charge in [0.25, 0.3) is 0 Å². The Kier molecular flexibility index (Phi) is 5.74. The number of nitrogens with zero attached hydrogens (tertiary/aromatic N) is 3. The van der Waals surface area contributed by atoms with E-state index in [0.717, 1.165) is 11.4 Å². The Morgan fingerprint density at radius 3 is 2.50 bits per heavy atom. The lowest BCUT2D eigenvalue weighted by molar-refractivity contribution is 0.582. The van der Waals surface area contributed by atoms with E-state index in [0.29, 0.717) is 18.2 Å². The highest BCUT2D eigenvalue weighted by atomic mass is 32.2. The van der Waals surface area contributed by atoms with Crippen LogP contribution in [0.1, 0.15) is 11.4 Å². The lowest BCUT2D eigenvalue weighted by Crippen LogP contribution is -2.29. The van der Waals surface area contributed by atoms with Crippen molar-refractivity contribution >= 4 is 21.7 Å². The Bertz CT molecular complexity index is 806. The van der Waals surface area contributed by atoms with E-state index in [2.05, 4.69) is 20.0 Å². The molecule has 0 aliphatic rings. The number of rotatable bonds is 7. The summed E-state index contributed by atoms with van der Waals surface area (Å²) in [6.45, 7) is 4.37. The maximum Gasteiger partial charge on any atom is 0.240 e. The average molecular weight is 349 g/mol. The van der Waals surface area contributed by atoms with Gasteiger partial charge >= 0.3 is 0 Å². The molecule has 130 valence electrons. The number of sulfonamides is 1. The molecule has 0 bridgehead atoms. The molecule has 0 saturated heterocycles. The Hall–Kier alpha value is -2.19. The summed E-state index contributed by atoms with van der Waals surface area (Å²) in [6.07, 6.45) is 0. The highest BCUT2D eigenvalue weighted by Crippen LogP contribution is 2.13. The summed E-state index contributed by atoms with van der Waals surface area (Å²) in [6, 6.07) is 8.64. The van der Waals surface area contributed by atoms with Crippen LogP contribution in [-0.2, 0) is 10.0 Å². The molecule has 0 aliphatic heterocycles. The van der Waals surface area contributed by atoms with Crippen LogP contribution in [0, 0.1) is 13.8 Å². The summed E-state index contributed by atoms with van der Waals surface area (Å²) in [4.78, 5) is 10.8. The highest BCUT2D eigenvalue weighted by Gasteiger charge is 2.13. The molecule has 2 aromatic rings. The first-order valence-corrected chi connectivity index (χ1v) is 9.09. The van der Waals surface area contributed by atoms with Gasteiger partial charge in [0.1, 0.15) is 17.5 Å². The van der Waals surface area contributed by atoms with Crippen molar-refractivity contribution < 1.29 is 8.42 Å². The molecule has 0 amide bonds. The third kappa shape index (κ3) is 4.90. The lowest BCUT2D eigenvalue weighted by Gasteiger charge is -2.14. The maximum absolute atomic E-state index is 12.2. The molecule has 1 aromatic heterocycles. The smallest absolute Gasteiger partial charge is 0.240 e. The molecule has 0 unspecified atom stereocenters. The molecule has 1 heterocycles. The van der Waals surface area contributed by atoms with E-state index in [4.69, 9.17) is 0 Å². The second-order valence-electron chi connectivity index (χ2n) is 5.69. The highest BCUT2D eigenvalue weighted by molar-refractivity contribution is 7.89. The van der Waals surface area contributed by atoms with Crippen molar-refractivity contribution in [3.63, 3.8) is 0 Å². The zero-order valence-corrected chi connectivity index (χ0v) is 15.2. The fourth-order valence-corrected chi connectivity index (χ4v) is 3.25. The Morgan fingerprint density at radius 2 is 1.83 bits per heavy atom. The minimum atomic E-state index is -3.50. The number of aromatic nitrogens is 2. The van der Waals surface area contributed by atoms with Gasteiger partial charge in [0.2, 0.25) is 10.0 Å². The van der Waals surface area contributed by atoms with E-state index in [1.54, 1.807) is 18.2 Å². The van der Waals surface area contributed by atoms with Crippen LogP contribution < -0.4 is 14.9 Å². The number of benzene rings is 1. The zero-order valence-electron chi connectivity index (χ0n) is 14.4. The van der Waals surface area contributed by atoms with Gasteiger partial charge in [-0.2, -0.15) is 0 Å². The summed E-state index contributed by atoms with van der Waals surface area (Å²) in [5.74, 6) is 2.12. The number of anilines is 2. The average Bonchev–Trinajstić information content (AvgIpc) is 2.51. The van der Waals surface area contributed by atoms with Gasteiger partial charge in [0, 0.05) is 33.3 Å². The molecule has 2 N–H and O–H groups in total. The van der Waals surface area contributed by atoms with Crippen LogP contribution in [-0.4, -0.2) is 45.6 Å². The molecule has 1 aromatic carbocycles. The molecule has 0 aliphatic carbocycles. The molecule has 0 fully saturated rings. The van der Waals surface area contributed by atoms with Crippen LogP contribution in [0.15, 0.2) is 35.2 Å². The fourth-order valence-electron chi connectivity index (χ4n) is 2.11. The first-order valence-electron chi connectivity index (χ1n) is 7.61. The Balaban J connectivity index is 1.93. The molecule has 0 spiro atoms. The summed E-state index contributed by atoms with van der Waals surface area (Å²) < 4.78 is 27.0. The van der Waals surface area contributed by atoms with Gasteiger partial charge in [-0.15, -0.1) is 0 Å². The molecule has 8 heteroatoms. The molecule has 24 heavy (non-hydrogen) atoms. The van der Waals surface area contributed by atoms with Gasteiger partial charge in [-0.05, 0) is 31.5 Å². The largest absolute Gasteiger partial charge is 0.369 e. The van der Waals surface area contributed by atoms with Crippen molar-refractivity contribution in [3.8, 4) is 0 Å². The van der Waals surface area contributed by atoms with Crippen LogP contribution in [0.2, 0.25) is 0 Å². The van der Waals surface area contributed by atoms with Gasteiger partial charge in [0.05, 0.1) is 4.90 Å². The molecule has 0 radical (unpaired) electrons. The van der Waals surface area contributed by atoms with Gasteiger partial charge < -0.3 is 10.2 Å². The van der Waals surface area contributed by atoms with Crippen LogP contribution in [0.5, 0.6) is 0 Å². The second kappa shape index (κ2) is 7.59. The van der Waals surface area contributed by atoms with Crippen molar-refractivity contribution in [1.29, 1.82) is 0 Å². The van der Waals surface area contributed by atoms with Crippen molar-refractivity contribution in [3.05, 3.63) is 41.7 Å². The molecule has 0 saturated carbocycles. The number of nitrogens with one attached hydrogen (secondary N) is 2. The molecular formula is C16H23N5O2S.